The Bertz CT molecular complexity index is 2000. The average molecular weight is 749 g/mol. The second kappa shape index (κ2) is 20.0. The molecule has 5 rings (SSSR count). The Balaban J connectivity index is 1.04. The minimum absolute atomic E-state index is 0.0470. The van der Waals surface area contributed by atoms with Gasteiger partial charge in [0.1, 0.15) is 11.5 Å². The van der Waals surface area contributed by atoms with E-state index in [0.717, 1.165) is 73.8 Å². The van der Waals surface area contributed by atoms with Crippen molar-refractivity contribution in [1.82, 2.24) is 0 Å². The van der Waals surface area contributed by atoms with Gasteiger partial charge in [-0.05, 0) is 140 Å². The number of benzene rings is 4. The largest absolute Gasteiger partial charge is 0.504 e. The fraction of sp³-hybridized carbons (Fsp3) is 0.333. The predicted octanol–water partition coefficient (Wildman–Crippen LogP) is 9.42. The lowest BCUT2D eigenvalue weighted by Gasteiger charge is -2.25. The third-order valence-corrected chi connectivity index (χ3v) is 9.43. The number of esters is 4. The highest BCUT2D eigenvalue weighted by molar-refractivity contribution is 5.97. The molecule has 0 radical (unpaired) electrons. The summed E-state index contributed by atoms with van der Waals surface area (Å²) in [5, 5.41) is 12.2. The first-order valence-corrected chi connectivity index (χ1v) is 18.8. The summed E-state index contributed by atoms with van der Waals surface area (Å²) >= 11 is 0. The van der Waals surface area contributed by atoms with Gasteiger partial charge in [-0.2, -0.15) is 0 Å². The van der Waals surface area contributed by atoms with Gasteiger partial charge in [-0.15, -0.1) is 0 Å². The standard InChI is InChI=1S/C45H48O10/c1-30(2)43(48)52-25-7-5-4-6-24-51-39-21-18-35-27-37(15-14-36(35)28-39)45(50)54-38-19-16-34(17-20-38)44(49)55-41-22-12-32(26-40(41)46)13-23-42(47)53-29-33-10-8-31(3)9-11-33/h12-23,26-28,31,33,46H,1,4-11,24-25,29H2,2-3H3/b23-13+. The predicted molar refractivity (Wildman–Crippen MR) is 209 cm³/mol. The minimum atomic E-state index is -0.714. The average Bonchev–Trinajstić information content (AvgIpc) is 3.18. The first-order chi connectivity index (χ1) is 26.5. The molecule has 1 fully saturated rings. The lowest BCUT2D eigenvalue weighted by molar-refractivity contribution is -0.140. The van der Waals surface area contributed by atoms with Gasteiger partial charge in [-0.3, -0.25) is 0 Å². The Morgan fingerprint density at radius 2 is 1.38 bits per heavy atom. The summed E-state index contributed by atoms with van der Waals surface area (Å²) in [4.78, 5) is 49.4. The third-order valence-electron chi connectivity index (χ3n) is 9.43. The van der Waals surface area contributed by atoms with Gasteiger partial charge in [0.25, 0.3) is 0 Å². The van der Waals surface area contributed by atoms with Crippen molar-refractivity contribution >= 4 is 40.7 Å². The van der Waals surface area contributed by atoms with Crippen LogP contribution in [0.4, 0.5) is 0 Å². The van der Waals surface area contributed by atoms with Gasteiger partial charge in [0.15, 0.2) is 11.5 Å². The van der Waals surface area contributed by atoms with Gasteiger partial charge < -0.3 is 28.8 Å². The fourth-order valence-electron chi connectivity index (χ4n) is 6.09. The van der Waals surface area contributed by atoms with Crippen LogP contribution in [-0.4, -0.2) is 48.8 Å². The van der Waals surface area contributed by atoms with Crippen molar-refractivity contribution in [2.24, 2.45) is 11.8 Å². The lowest BCUT2D eigenvalue weighted by atomic mass is 9.83. The van der Waals surface area contributed by atoms with Crippen molar-refractivity contribution in [3.63, 3.8) is 0 Å². The van der Waals surface area contributed by atoms with E-state index in [1.807, 2.05) is 24.3 Å². The fourth-order valence-corrected chi connectivity index (χ4v) is 6.09. The van der Waals surface area contributed by atoms with E-state index in [-0.39, 0.29) is 28.8 Å². The summed E-state index contributed by atoms with van der Waals surface area (Å²) in [6.07, 6.45) is 10.9. The molecule has 1 aliphatic rings. The van der Waals surface area contributed by atoms with E-state index in [2.05, 4.69) is 13.5 Å². The van der Waals surface area contributed by atoms with Crippen LogP contribution < -0.4 is 14.2 Å². The van der Waals surface area contributed by atoms with Gasteiger partial charge in [0.2, 0.25) is 0 Å². The van der Waals surface area contributed by atoms with E-state index in [1.165, 1.54) is 48.6 Å². The molecule has 0 aromatic heterocycles. The van der Waals surface area contributed by atoms with Crippen molar-refractivity contribution in [2.75, 3.05) is 19.8 Å². The molecule has 10 nitrogen and oxygen atoms in total. The van der Waals surface area contributed by atoms with E-state index in [4.69, 9.17) is 23.7 Å². The number of carbonyl (C=O) groups is 4. The summed E-state index contributed by atoms with van der Waals surface area (Å²) in [5.41, 5.74) is 1.48. The molecule has 1 saturated carbocycles. The first-order valence-electron chi connectivity index (χ1n) is 18.8. The van der Waals surface area contributed by atoms with Crippen molar-refractivity contribution in [2.45, 2.75) is 65.2 Å². The molecule has 0 saturated heterocycles. The molecule has 288 valence electrons. The molecule has 0 spiro atoms. The monoisotopic (exact) mass is 748 g/mol. The SMILES string of the molecule is C=C(C)C(=O)OCCCCCCOc1ccc2cc(C(=O)Oc3ccc(C(=O)Oc4ccc(/C=C/C(=O)OCC5CCC(C)CC5)cc4O)cc3)ccc2c1. The maximum atomic E-state index is 12.9. The van der Waals surface area contributed by atoms with Crippen molar-refractivity contribution in [3.05, 3.63) is 114 Å². The normalized spacial score (nSPS) is 15.3. The molecule has 1 aliphatic carbocycles. The number of carbonyl (C=O) groups excluding carboxylic acids is 4. The van der Waals surface area contributed by atoms with E-state index in [1.54, 1.807) is 25.1 Å². The topological polar surface area (TPSA) is 135 Å². The highest BCUT2D eigenvalue weighted by atomic mass is 16.5. The molecule has 0 amide bonds. The number of hydrogen-bond donors (Lipinski definition) is 1. The second-order valence-corrected chi connectivity index (χ2v) is 14.0. The van der Waals surface area contributed by atoms with E-state index >= 15 is 0 Å². The molecule has 4 aromatic rings. The van der Waals surface area contributed by atoms with Crippen molar-refractivity contribution < 1.29 is 48.0 Å². The van der Waals surface area contributed by atoms with Gasteiger partial charge >= 0.3 is 23.9 Å². The number of rotatable bonds is 17. The highest BCUT2D eigenvalue weighted by Gasteiger charge is 2.19. The smallest absolute Gasteiger partial charge is 0.343 e. The number of aromatic hydroxyl groups is 1. The van der Waals surface area contributed by atoms with Crippen LogP contribution in [0.25, 0.3) is 16.8 Å². The van der Waals surface area contributed by atoms with Crippen LogP contribution in [0.2, 0.25) is 0 Å². The summed E-state index contributed by atoms with van der Waals surface area (Å²) in [5.74, 6) is -0.288. The van der Waals surface area contributed by atoms with Gasteiger partial charge in [0, 0.05) is 11.6 Å². The summed E-state index contributed by atoms with van der Waals surface area (Å²) < 4.78 is 27.3. The molecular weight excluding hydrogens is 700 g/mol. The van der Waals surface area contributed by atoms with E-state index in [9.17, 15) is 24.3 Å². The Morgan fingerprint density at radius 1 is 0.727 bits per heavy atom. The van der Waals surface area contributed by atoms with Crippen LogP contribution in [0.5, 0.6) is 23.0 Å². The van der Waals surface area contributed by atoms with Crippen molar-refractivity contribution in [3.8, 4) is 23.0 Å². The minimum Gasteiger partial charge on any atom is -0.504 e. The zero-order valence-electron chi connectivity index (χ0n) is 31.4. The highest BCUT2D eigenvalue weighted by Crippen LogP contribution is 2.30. The second-order valence-electron chi connectivity index (χ2n) is 14.0. The molecule has 0 bridgehead atoms. The molecular formula is C45H48O10. The van der Waals surface area contributed by atoms with Crippen LogP contribution in [0.15, 0.2) is 97.1 Å². The summed E-state index contributed by atoms with van der Waals surface area (Å²) in [6.45, 7) is 8.80. The van der Waals surface area contributed by atoms with Gasteiger partial charge in [-0.1, -0.05) is 44.5 Å². The molecule has 0 unspecified atom stereocenters. The molecule has 10 heteroatoms. The Morgan fingerprint density at radius 3 is 2.11 bits per heavy atom. The van der Waals surface area contributed by atoms with Crippen molar-refractivity contribution in [1.29, 1.82) is 0 Å². The number of fused-ring (bicyclic) bond motifs is 1. The molecule has 4 aromatic carbocycles. The zero-order valence-corrected chi connectivity index (χ0v) is 31.4. The van der Waals surface area contributed by atoms with E-state index in [0.29, 0.717) is 42.4 Å². The van der Waals surface area contributed by atoms with Crippen LogP contribution in [0.3, 0.4) is 0 Å². The summed E-state index contributed by atoms with van der Waals surface area (Å²) in [6, 6.07) is 21.2. The van der Waals surface area contributed by atoms with Crippen LogP contribution in [-0.2, 0) is 19.1 Å². The molecule has 0 atom stereocenters. The van der Waals surface area contributed by atoms with Crippen LogP contribution in [0, 0.1) is 11.8 Å². The van der Waals surface area contributed by atoms with Gasteiger partial charge in [0.05, 0.1) is 30.9 Å². The van der Waals surface area contributed by atoms with E-state index < -0.39 is 17.9 Å². The number of phenols is 1. The molecule has 0 heterocycles. The molecule has 55 heavy (non-hydrogen) atoms. The Kier molecular flexibility index (Phi) is 14.6. The van der Waals surface area contributed by atoms with Crippen LogP contribution >= 0.6 is 0 Å². The van der Waals surface area contributed by atoms with Gasteiger partial charge in [-0.25, -0.2) is 19.2 Å². The maximum absolute atomic E-state index is 12.9. The summed E-state index contributed by atoms with van der Waals surface area (Å²) in [7, 11) is 0. The number of unbranched alkanes of at least 4 members (excludes halogenated alkanes) is 3. The quantitative estimate of drug-likeness (QED) is 0.0482. The molecule has 0 aliphatic heterocycles. The molecule has 1 N–H and O–H groups in total. The maximum Gasteiger partial charge on any atom is 0.343 e. The Hall–Kier alpha value is -5.90. The third kappa shape index (κ3) is 12.6. The van der Waals surface area contributed by atoms with Crippen LogP contribution in [0.1, 0.15) is 91.5 Å². The Labute approximate surface area is 321 Å². The number of phenolic OH excluding ortho intramolecular Hbond substituents is 1. The number of hydrogen-bond acceptors (Lipinski definition) is 10. The zero-order chi connectivity index (χ0) is 39.2. The number of ether oxygens (including phenoxy) is 5. The first kappa shape index (κ1) is 40.3. The lowest BCUT2D eigenvalue weighted by Crippen LogP contribution is -2.18.